The normalized spacial score (nSPS) is 13.5. The number of hydrogen-bond acceptors (Lipinski definition) is 5. The summed E-state index contributed by atoms with van der Waals surface area (Å²) < 4.78 is 43.9. The summed E-state index contributed by atoms with van der Waals surface area (Å²) in [6.45, 7) is -0.188. The van der Waals surface area contributed by atoms with Gasteiger partial charge in [-0.3, -0.25) is 4.98 Å². The lowest BCUT2D eigenvalue weighted by Crippen LogP contribution is -2.45. The van der Waals surface area contributed by atoms with Crippen molar-refractivity contribution < 1.29 is 37.7 Å². The van der Waals surface area contributed by atoms with Gasteiger partial charge in [-0.1, -0.05) is 30.3 Å². The second kappa shape index (κ2) is 8.49. The number of carboxylic acids is 1. The summed E-state index contributed by atoms with van der Waals surface area (Å²) in [7, 11) is 0. The van der Waals surface area contributed by atoms with E-state index < -0.39 is 41.6 Å². The number of halogens is 3. The number of amides is 1. The fourth-order valence-electron chi connectivity index (χ4n) is 2.22. The van der Waals surface area contributed by atoms with E-state index in [-0.39, 0.29) is 6.61 Å². The number of aliphatic hydroxyl groups is 1. The van der Waals surface area contributed by atoms with Gasteiger partial charge in [-0.15, -0.1) is 0 Å². The Labute approximate surface area is 151 Å². The summed E-state index contributed by atoms with van der Waals surface area (Å²) in [5, 5.41) is 21.2. The lowest BCUT2D eigenvalue weighted by molar-refractivity contribution is -0.145. The number of aliphatic hydroxyl groups excluding tert-OH is 1. The van der Waals surface area contributed by atoms with Gasteiger partial charge in [0.05, 0.1) is 11.3 Å². The number of carbonyl (C=O) groups is 2. The van der Waals surface area contributed by atoms with Crippen molar-refractivity contribution >= 4 is 12.1 Å². The maximum atomic E-state index is 13.0. The predicted octanol–water partition coefficient (Wildman–Crippen LogP) is 2.51. The van der Waals surface area contributed by atoms with Gasteiger partial charge >= 0.3 is 18.2 Å². The monoisotopic (exact) mass is 384 g/mol. The smallest absolute Gasteiger partial charge is 0.418 e. The number of ether oxygens (including phenoxy) is 1. The fraction of sp³-hybridized carbons (Fsp3) is 0.235. The molecule has 1 heterocycles. The van der Waals surface area contributed by atoms with Crippen molar-refractivity contribution in [1.29, 1.82) is 0 Å². The van der Waals surface area contributed by atoms with E-state index in [1.165, 1.54) is 0 Å². The van der Waals surface area contributed by atoms with Crippen LogP contribution in [0.3, 0.4) is 0 Å². The molecule has 0 bridgehead atoms. The van der Waals surface area contributed by atoms with Crippen molar-refractivity contribution in [3.05, 3.63) is 65.5 Å². The largest absolute Gasteiger partial charge is 0.480 e. The molecule has 0 aliphatic heterocycles. The van der Waals surface area contributed by atoms with Crippen LogP contribution in [0.4, 0.5) is 18.0 Å². The molecule has 0 saturated carbocycles. The lowest BCUT2D eigenvalue weighted by Gasteiger charge is -2.22. The molecular formula is C17H15F3N2O5. The predicted molar refractivity (Wildman–Crippen MR) is 85.4 cm³/mol. The maximum absolute atomic E-state index is 13.0. The molecule has 0 unspecified atom stereocenters. The molecule has 10 heteroatoms. The zero-order chi connectivity index (χ0) is 20.0. The Morgan fingerprint density at radius 2 is 1.81 bits per heavy atom. The van der Waals surface area contributed by atoms with Crippen LogP contribution in [0.1, 0.15) is 22.9 Å². The topological polar surface area (TPSA) is 109 Å². The summed E-state index contributed by atoms with van der Waals surface area (Å²) in [5.41, 5.74) is -1.60. The second-order valence-electron chi connectivity index (χ2n) is 5.40. The number of nitrogens with zero attached hydrogens (tertiary/aromatic N) is 1. The Kier molecular flexibility index (Phi) is 6.35. The highest BCUT2D eigenvalue weighted by Crippen LogP contribution is 2.34. The molecule has 0 radical (unpaired) electrons. The highest BCUT2D eigenvalue weighted by Gasteiger charge is 2.40. The van der Waals surface area contributed by atoms with Gasteiger partial charge in [0, 0.05) is 6.20 Å². The molecule has 3 N–H and O–H groups in total. The fourth-order valence-corrected chi connectivity index (χ4v) is 2.22. The zero-order valence-corrected chi connectivity index (χ0v) is 13.7. The number of carboxylic acid groups (broad SMARTS) is 1. The Morgan fingerprint density at radius 1 is 1.15 bits per heavy atom. The lowest BCUT2D eigenvalue weighted by atomic mass is 10.0. The van der Waals surface area contributed by atoms with E-state index in [4.69, 9.17) is 4.74 Å². The van der Waals surface area contributed by atoms with E-state index >= 15 is 0 Å². The first kappa shape index (κ1) is 20.2. The molecular weight excluding hydrogens is 369 g/mol. The number of hydrogen-bond donors (Lipinski definition) is 3. The summed E-state index contributed by atoms with van der Waals surface area (Å²) in [6, 6.07) is 7.99. The molecule has 2 aromatic rings. The maximum Gasteiger partial charge on any atom is 0.418 e. The van der Waals surface area contributed by atoms with Crippen LogP contribution in [0.5, 0.6) is 0 Å². The van der Waals surface area contributed by atoms with Crippen LogP contribution in [0.2, 0.25) is 0 Å². The molecule has 0 aliphatic rings. The second-order valence-corrected chi connectivity index (χ2v) is 5.40. The average Bonchev–Trinajstić information content (AvgIpc) is 2.64. The Morgan fingerprint density at radius 3 is 2.41 bits per heavy atom. The number of nitrogens with one attached hydrogen (secondary N) is 1. The molecule has 1 amide bonds. The third-order valence-electron chi connectivity index (χ3n) is 3.49. The highest BCUT2D eigenvalue weighted by atomic mass is 19.4. The molecule has 0 aliphatic carbocycles. The molecule has 0 fully saturated rings. The molecule has 2 atom stereocenters. The summed E-state index contributed by atoms with van der Waals surface area (Å²) in [4.78, 5) is 26.6. The van der Waals surface area contributed by atoms with E-state index in [0.29, 0.717) is 11.6 Å². The van der Waals surface area contributed by atoms with Gasteiger partial charge in [-0.05, 0) is 17.7 Å². The summed E-state index contributed by atoms with van der Waals surface area (Å²) in [6.07, 6.45) is -7.35. The third-order valence-corrected chi connectivity index (χ3v) is 3.49. The minimum absolute atomic E-state index is 0.188. The van der Waals surface area contributed by atoms with Crippen molar-refractivity contribution in [3.63, 3.8) is 0 Å². The van der Waals surface area contributed by atoms with Gasteiger partial charge in [0.25, 0.3) is 0 Å². The van der Waals surface area contributed by atoms with Crippen LogP contribution in [0.15, 0.2) is 48.7 Å². The van der Waals surface area contributed by atoms with Gasteiger partial charge in [0.15, 0.2) is 6.04 Å². The molecule has 1 aromatic carbocycles. The van der Waals surface area contributed by atoms with Gasteiger partial charge in [-0.2, -0.15) is 13.2 Å². The van der Waals surface area contributed by atoms with Crippen molar-refractivity contribution in [2.24, 2.45) is 0 Å². The zero-order valence-electron chi connectivity index (χ0n) is 13.7. The minimum atomic E-state index is -4.86. The molecule has 7 nitrogen and oxygen atoms in total. The minimum Gasteiger partial charge on any atom is -0.480 e. The molecule has 1 aromatic heterocycles. The number of aromatic nitrogens is 1. The molecule has 144 valence electrons. The first-order valence-electron chi connectivity index (χ1n) is 7.60. The van der Waals surface area contributed by atoms with Crippen LogP contribution in [0, 0.1) is 0 Å². The standard InChI is InChI=1S/C17H15F3N2O5/c18-17(19,20)11-7-4-8-21-12(11)14(23)13(15(24)25)22-16(26)27-9-10-5-2-1-3-6-10/h1-8,13-14,23H,9H2,(H,22,26)(H,24,25)/t13-,14+/m0/s1. The Hall–Kier alpha value is -3.14. The first-order valence-corrected chi connectivity index (χ1v) is 7.60. The van der Waals surface area contributed by atoms with E-state index in [1.54, 1.807) is 30.3 Å². The van der Waals surface area contributed by atoms with E-state index in [9.17, 15) is 33.0 Å². The van der Waals surface area contributed by atoms with Gasteiger partial charge in [0.1, 0.15) is 12.7 Å². The van der Waals surface area contributed by atoms with Crippen molar-refractivity contribution in [3.8, 4) is 0 Å². The van der Waals surface area contributed by atoms with E-state index in [2.05, 4.69) is 4.98 Å². The molecule has 0 saturated heterocycles. The van der Waals surface area contributed by atoms with Crippen molar-refractivity contribution in [2.45, 2.75) is 24.9 Å². The van der Waals surface area contributed by atoms with Gasteiger partial charge in [0.2, 0.25) is 0 Å². The summed E-state index contributed by atoms with van der Waals surface area (Å²) >= 11 is 0. The number of alkyl halides is 3. The van der Waals surface area contributed by atoms with Crippen LogP contribution in [-0.4, -0.2) is 33.3 Å². The molecule has 27 heavy (non-hydrogen) atoms. The molecule has 2 rings (SSSR count). The SMILES string of the molecule is O=C(N[C@H](C(=O)O)[C@H](O)c1ncccc1C(F)(F)F)OCc1ccccc1. The number of benzene rings is 1. The average molecular weight is 384 g/mol. The van der Waals surface area contributed by atoms with Gasteiger partial charge < -0.3 is 20.3 Å². The Balaban J connectivity index is 2.13. The number of carbonyl (C=O) groups excluding carboxylic acids is 1. The number of pyridine rings is 1. The van der Waals surface area contributed by atoms with E-state index in [0.717, 1.165) is 12.3 Å². The van der Waals surface area contributed by atoms with Crippen LogP contribution in [-0.2, 0) is 22.3 Å². The number of aliphatic carboxylic acids is 1. The Bertz CT molecular complexity index is 799. The quantitative estimate of drug-likeness (QED) is 0.706. The van der Waals surface area contributed by atoms with Crippen LogP contribution < -0.4 is 5.32 Å². The number of alkyl carbamates (subject to hydrolysis) is 1. The van der Waals surface area contributed by atoms with Crippen LogP contribution >= 0.6 is 0 Å². The summed E-state index contributed by atoms with van der Waals surface area (Å²) in [5.74, 6) is -1.75. The first-order chi connectivity index (χ1) is 12.7. The number of rotatable bonds is 6. The van der Waals surface area contributed by atoms with Crippen molar-refractivity contribution in [1.82, 2.24) is 10.3 Å². The molecule has 0 spiro atoms. The highest BCUT2D eigenvalue weighted by molar-refractivity contribution is 5.80. The van der Waals surface area contributed by atoms with Gasteiger partial charge in [-0.25, -0.2) is 9.59 Å². The van der Waals surface area contributed by atoms with E-state index in [1.807, 2.05) is 5.32 Å². The third kappa shape index (κ3) is 5.42. The van der Waals surface area contributed by atoms with Crippen LogP contribution in [0.25, 0.3) is 0 Å². The van der Waals surface area contributed by atoms with Crippen molar-refractivity contribution in [2.75, 3.05) is 0 Å².